The maximum absolute atomic E-state index is 12.8. The molecule has 5 aliphatic carbocycles. The van der Waals surface area contributed by atoms with Gasteiger partial charge in [0, 0.05) is 5.41 Å². The van der Waals surface area contributed by atoms with E-state index in [0.29, 0.717) is 24.2 Å². The number of rotatable bonds is 2. The largest absolute Gasteiger partial charge is 0.481 e. The van der Waals surface area contributed by atoms with Crippen molar-refractivity contribution in [3.8, 4) is 0 Å². The number of carboxylic acid groups (broad SMARTS) is 1. The Bertz CT molecular complexity index is 930. The van der Waals surface area contributed by atoms with Crippen LogP contribution in [-0.4, -0.2) is 45.2 Å². The van der Waals surface area contributed by atoms with Crippen LogP contribution in [0.2, 0.25) is 0 Å². The molecule has 5 heteroatoms. The molecular formula is C30H48O5. The van der Waals surface area contributed by atoms with E-state index in [4.69, 9.17) is 0 Å². The highest BCUT2D eigenvalue weighted by Gasteiger charge is 2.70. The minimum absolute atomic E-state index is 0.00815. The molecule has 4 fully saturated rings. The van der Waals surface area contributed by atoms with Crippen LogP contribution in [0.15, 0.2) is 11.6 Å². The number of hydrogen-bond acceptors (Lipinski definition) is 4. The molecular weight excluding hydrogens is 440 g/mol. The molecule has 0 bridgehead atoms. The van der Waals surface area contributed by atoms with E-state index in [0.717, 1.165) is 44.9 Å². The van der Waals surface area contributed by atoms with E-state index in [-0.39, 0.29) is 34.7 Å². The van der Waals surface area contributed by atoms with Crippen molar-refractivity contribution in [1.82, 2.24) is 0 Å². The molecule has 5 rings (SSSR count). The van der Waals surface area contributed by atoms with Gasteiger partial charge in [0.2, 0.25) is 0 Å². The summed E-state index contributed by atoms with van der Waals surface area (Å²) in [5, 5.41) is 42.9. The monoisotopic (exact) mass is 488 g/mol. The lowest BCUT2D eigenvalue weighted by Crippen LogP contribution is -2.68. The minimum Gasteiger partial charge on any atom is -0.481 e. The van der Waals surface area contributed by atoms with Crippen LogP contribution >= 0.6 is 0 Å². The Morgan fingerprint density at radius 1 is 1.00 bits per heavy atom. The topological polar surface area (TPSA) is 98.0 Å². The summed E-state index contributed by atoms with van der Waals surface area (Å²) in [4.78, 5) is 12.8. The van der Waals surface area contributed by atoms with Crippen molar-refractivity contribution < 1.29 is 25.2 Å². The van der Waals surface area contributed by atoms with Gasteiger partial charge in [-0.05, 0) is 97.2 Å². The number of fused-ring (bicyclic) bond motifs is 7. The molecule has 35 heavy (non-hydrogen) atoms. The Labute approximate surface area is 211 Å². The average Bonchev–Trinajstić information content (AvgIpc) is 2.80. The molecule has 4 N–H and O–H groups in total. The van der Waals surface area contributed by atoms with Crippen molar-refractivity contribution in [2.24, 2.45) is 56.7 Å². The van der Waals surface area contributed by atoms with Crippen molar-refractivity contribution in [3.05, 3.63) is 11.6 Å². The predicted molar refractivity (Wildman–Crippen MR) is 135 cm³/mol. The van der Waals surface area contributed by atoms with E-state index >= 15 is 0 Å². The van der Waals surface area contributed by atoms with E-state index in [1.165, 1.54) is 5.57 Å². The quantitative estimate of drug-likeness (QED) is 0.409. The lowest BCUT2D eigenvalue weighted by atomic mass is 9.33. The molecule has 0 aromatic heterocycles. The van der Waals surface area contributed by atoms with Gasteiger partial charge in [0.15, 0.2) is 0 Å². The summed E-state index contributed by atoms with van der Waals surface area (Å²) >= 11 is 0. The predicted octanol–water partition coefficient (Wildman–Crippen LogP) is 5.03. The van der Waals surface area contributed by atoms with Gasteiger partial charge in [0.1, 0.15) is 0 Å². The van der Waals surface area contributed by atoms with Gasteiger partial charge in [0.05, 0.1) is 24.2 Å². The second kappa shape index (κ2) is 7.80. The first-order valence-corrected chi connectivity index (χ1v) is 14.1. The molecule has 0 unspecified atom stereocenters. The highest BCUT2D eigenvalue weighted by molar-refractivity contribution is 5.76. The second-order valence-electron chi connectivity index (χ2n) is 14.5. The van der Waals surface area contributed by atoms with Crippen LogP contribution in [0.25, 0.3) is 0 Å². The summed E-state index contributed by atoms with van der Waals surface area (Å²) in [6.45, 7) is 13.6. The van der Waals surface area contributed by atoms with E-state index in [2.05, 4.69) is 40.7 Å². The number of allylic oxidation sites excluding steroid dienone is 2. The van der Waals surface area contributed by atoms with Gasteiger partial charge >= 0.3 is 5.97 Å². The van der Waals surface area contributed by atoms with Crippen LogP contribution in [0.4, 0.5) is 0 Å². The smallest absolute Gasteiger partial charge is 0.310 e. The van der Waals surface area contributed by atoms with Gasteiger partial charge in [0.25, 0.3) is 0 Å². The van der Waals surface area contributed by atoms with Gasteiger partial charge < -0.3 is 20.4 Å². The third kappa shape index (κ3) is 2.95. The van der Waals surface area contributed by atoms with Crippen LogP contribution in [0.3, 0.4) is 0 Å². The van der Waals surface area contributed by atoms with Crippen LogP contribution in [0, 0.1) is 56.7 Å². The van der Waals surface area contributed by atoms with Gasteiger partial charge in [-0.2, -0.15) is 0 Å². The minimum atomic E-state index is -0.907. The standard InChI is InChI=1S/C30H48O5/c1-17-9-12-30(25(34)35)14-13-28(5)19(23(30)18(17)2)7-8-22-26(3)15-20(32)24(33)27(4,16-31)21(26)10-11-29(22,28)6/h7,17-18,20-24,31-33H,8-16H2,1-6H3,(H,34,35)/t17-,18+,20-,21-,22-,23+,24+,26+,27+,28-,29-,30+/m0/s1. The van der Waals surface area contributed by atoms with Crippen LogP contribution < -0.4 is 0 Å². The van der Waals surface area contributed by atoms with Crippen LogP contribution in [0.1, 0.15) is 92.9 Å². The highest BCUT2D eigenvalue weighted by Crippen LogP contribution is 2.75. The summed E-state index contributed by atoms with van der Waals surface area (Å²) in [6, 6.07) is 0. The van der Waals surface area contributed by atoms with Crippen molar-refractivity contribution in [2.75, 3.05) is 6.61 Å². The van der Waals surface area contributed by atoms with Gasteiger partial charge in [-0.1, -0.05) is 53.2 Å². The SMILES string of the molecule is C[C@@H]1[C@@H](C)CC[C@@]2(C(=O)O)CC[C@@]3(C)C(=CC[C@H]4[C@]5(C)C[C@H](O)[C@@H](O)[C@](C)(CO)[C@H]5CC[C@@]43C)[C@@H]12. The number of hydrogen-bond donors (Lipinski definition) is 4. The molecule has 4 saturated carbocycles. The Morgan fingerprint density at radius 3 is 2.31 bits per heavy atom. The number of aliphatic hydroxyl groups is 3. The van der Waals surface area contributed by atoms with Crippen molar-refractivity contribution in [1.29, 1.82) is 0 Å². The average molecular weight is 489 g/mol. The molecule has 0 radical (unpaired) electrons. The molecule has 0 heterocycles. The molecule has 0 aromatic carbocycles. The zero-order chi connectivity index (χ0) is 25.8. The summed E-state index contributed by atoms with van der Waals surface area (Å²) < 4.78 is 0. The van der Waals surface area contributed by atoms with Crippen molar-refractivity contribution in [3.63, 3.8) is 0 Å². The Morgan fingerprint density at radius 2 is 1.69 bits per heavy atom. The summed E-state index contributed by atoms with van der Waals surface area (Å²) in [5.74, 6) is 0.828. The number of carbonyl (C=O) groups is 1. The molecule has 0 saturated heterocycles. The zero-order valence-electron chi connectivity index (χ0n) is 22.7. The molecule has 198 valence electrons. The first-order chi connectivity index (χ1) is 16.2. The van der Waals surface area contributed by atoms with E-state index < -0.39 is 29.0 Å². The Hall–Kier alpha value is -0.910. The number of aliphatic carboxylic acids is 1. The summed E-state index contributed by atoms with van der Waals surface area (Å²) in [5.41, 5.74) is -0.214. The fraction of sp³-hybridized carbons (Fsp3) is 0.900. The van der Waals surface area contributed by atoms with E-state index in [1.54, 1.807) is 0 Å². The van der Waals surface area contributed by atoms with Gasteiger partial charge in [-0.25, -0.2) is 0 Å². The fourth-order valence-electron chi connectivity index (χ4n) is 11.0. The van der Waals surface area contributed by atoms with Crippen molar-refractivity contribution in [2.45, 2.75) is 105 Å². The Balaban J connectivity index is 1.62. The van der Waals surface area contributed by atoms with Gasteiger partial charge in [-0.3, -0.25) is 4.79 Å². The number of aliphatic hydroxyl groups excluding tert-OH is 3. The molecule has 0 spiro atoms. The second-order valence-corrected chi connectivity index (χ2v) is 14.5. The van der Waals surface area contributed by atoms with Crippen LogP contribution in [-0.2, 0) is 4.79 Å². The fourth-order valence-corrected chi connectivity index (χ4v) is 11.0. The lowest BCUT2D eigenvalue weighted by molar-refractivity contribution is -0.244. The summed E-state index contributed by atoms with van der Waals surface area (Å²) in [7, 11) is 0. The third-order valence-electron chi connectivity index (χ3n) is 13.5. The maximum Gasteiger partial charge on any atom is 0.310 e. The lowest BCUT2D eigenvalue weighted by Gasteiger charge is -2.71. The Kier molecular flexibility index (Phi) is 5.73. The highest BCUT2D eigenvalue weighted by atomic mass is 16.4. The van der Waals surface area contributed by atoms with E-state index in [1.807, 2.05) is 6.92 Å². The molecule has 0 aliphatic heterocycles. The molecule has 5 aliphatic rings. The zero-order valence-corrected chi connectivity index (χ0v) is 22.7. The third-order valence-corrected chi connectivity index (χ3v) is 13.5. The molecule has 12 atom stereocenters. The molecule has 0 amide bonds. The normalized spacial score (nSPS) is 57.7. The summed E-state index contributed by atoms with van der Waals surface area (Å²) in [6.07, 6.45) is 7.51. The first-order valence-electron chi connectivity index (χ1n) is 14.1. The van der Waals surface area contributed by atoms with Gasteiger partial charge in [-0.15, -0.1) is 0 Å². The van der Waals surface area contributed by atoms with E-state index in [9.17, 15) is 25.2 Å². The maximum atomic E-state index is 12.8. The van der Waals surface area contributed by atoms with Crippen LogP contribution in [0.5, 0.6) is 0 Å². The number of carboxylic acids is 1. The van der Waals surface area contributed by atoms with Crippen molar-refractivity contribution >= 4 is 5.97 Å². The molecule has 5 nitrogen and oxygen atoms in total. The first kappa shape index (κ1) is 25.7. The molecule has 0 aromatic rings.